The number of likely N-dealkylation sites (tertiary alicyclic amines) is 1. The molecule has 2 atom stereocenters. The average molecular weight is 357 g/mol. The first-order valence-corrected chi connectivity index (χ1v) is 9.01. The van der Waals surface area contributed by atoms with E-state index in [1.807, 2.05) is 37.3 Å². The zero-order chi connectivity index (χ0) is 18.7. The van der Waals surface area contributed by atoms with Gasteiger partial charge in [-0.05, 0) is 43.0 Å². The Morgan fingerprint density at radius 2 is 1.73 bits per heavy atom. The van der Waals surface area contributed by atoms with Gasteiger partial charge in [0.2, 0.25) is 0 Å². The molecular formula is C21H27NO4. The topological polar surface area (TPSA) is 73.2 Å². The van der Waals surface area contributed by atoms with Gasteiger partial charge in [-0.15, -0.1) is 0 Å². The molecule has 1 heterocycles. The number of ether oxygens (including phenoxy) is 1. The third-order valence-corrected chi connectivity index (χ3v) is 5.51. The maximum absolute atomic E-state index is 11.0. The summed E-state index contributed by atoms with van der Waals surface area (Å²) in [5, 5.41) is 31.4. The van der Waals surface area contributed by atoms with Gasteiger partial charge >= 0.3 is 0 Å². The molecule has 2 aromatic carbocycles. The van der Waals surface area contributed by atoms with Gasteiger partial charge in [-0.2, -0.15) is 0 Å². The lowest BCUT2D eigenvalue weighted by molar-refractivity contribution is -0.0501. The van der Waals surface area contributed by atoms with Gasteiger partial charge in [-0.25, -0.2) is 0 Å². The molecule has 2 unspecified atom stereocenters. The van der Waals surface area contributed by atoms with Gasteiger partial charge in [0.05, 0.1) is 18.8 Å². The number of methoxy groups -OCH3 is 1. The molecule has 0 bridgehead atoms. The van der Waals surface area contributed by atoms with E-state index in [0.717, 1.165) is 5.56 Å². The smallest absolute Gasteiger partial charge is 0.160 e. The van der Waals surface area contributed by atoms with Crippen molar-refractivity contribution in [1.29, 1.82) is 0 Å². The zero-order valence-electron chi connectivity index (χ0n) is 15.3. The Balaban J connectivity index is 1.67. The van der Waals surface area contributed by atoms with Crippen LogP contribution >= 0.6 is 0 Å². The van der Waals surface area contributed by atoms with Crippen LogP contribution in [0.1, 0.15) is 37.0 Å². The van der Waals surface area contributed by atoms with Crippen LogP contribution in [-0.2, 0) is 5.60 Å². The van der Waals surface area contributed by atoms with Crippen molar-refractivity contribution in [1.82, 2.24) is 4.90 Å². The zero-order valence-corrected chi connectivity index (χ0v) is 15.3. The Kier molecular flexibility index (Phi) is 5.51. The molecule has 26 heavy (non-hydrogen) atoms. The third kappa shape index (κ3) is 3.70. The van der Waals surface area contributed by atoms with Gasteiger partial charge in [0, 0.05) is 19.1 Å². The first-order valence-electron chi connectivity index (χ1n) is 9.01. The number of hydrogen-bond donors (Lipinski definition) is 3. The molecule has 5 heteroatoms. The molecule has 0 radical (unpaired) electrons. The molecule has 0 aromatic heterocycles. The highest BCUT2D eigenvalue weighted by atomic mass is 16.5. The fourth-order valence-electron chi connectivity index (χ4n) is 3.69. The van der Waals surface area contributed by atoms with E-state index in [1.165, 1.54) is 13.2 Å². The second-order valence-corrected chi connectivity index (χ2v) is 7.05. The van der Waals surface area contributed by atoms with Crippen molar-refractivity contribution in [3.63, 3.8) is 0 Å². The summed E-state index contributed by atoms with van der Waals surface area (Å²) in [6, 6.07) is 14.6. The third-order valence-electron chi connectivity index (χ3n) is 5.51. The normalized spacial score (nSPS) is 19.7. The van der Waals surface area contributed by atoms with Crippen LogP contribution in [0.25, 0.3) is 0 Å². The van der Waals surface area contributed by atoms with Crippen molar-refractivity contribution in [2.45, 2.75) is 37.5 Å². The number of benzene rings is 2. The highest BCUT2D eigenvalue weighted by Crippen LogP contribution is 2.36. The summed E-state index contributed by atoms with van der Waals surface area (Å²) in [6.07, 6.45) is 0.562. The average Bonchev–Trinajstić information content (AvgIpc) is 2.68. The van der Waals surface area contributed by atoms with Crippen LogP contribution in [0.3, 0.4) is 0 Å². The minimum atomic E-state index is -0.801. The van der Waals surface area contributed by atoms with E-state index < -0.39 is 11.7 Å². The molecular weight excluding hydrogens is 330 g/mol. The van der Waals surface area contributed by atoms with E-state index in [4.69, 9.17) is 4.74 Å². The Bertz CT molecular complexity index is 726. The van der Waals surface area contributed by atoms with Crippen LogP contribution in [0.2, 0.25) is 0 Å². The number of aliphatic hydroxyl groups excluding tert-OH is 1. The largest absolute Gasteiger partial charge is 0.504 e. The number of hydrogen-bond acceptors (Lipinski definition) is 5. The van der Waals surface area contributed by atoms with E-state index in [0.29, 0.717) is 37.2 Å². The lowest BCUT2D eigenvalue weighted by atomic mass is 9.83. The lowest BCUT2D eigenvalue weighted by Gasteiger charge is -2.42. The first kappa shape index (κ1) is 18.7. The number of nitrogens with zero attached hydrogens (tertiary/aromatic N) is 1. The van der Waals surface area contributed by atoms with Gasteiger partial charge in [0.15, 0.2) is 11.5 Å². The quantitative estimate of drug-likeness (QED) is 0.767. The molecule has 2 aromatic rings. The van der Waals surface area contributed by atoms with Crippen molar-refractivity contribution in [3.05, 3.63) is 59.7 Å². The summed E-state index contributed by atoms with van der Waals surface area (Å²) in [5.74, 6) is 0.410. The van der Waals surface area contributed by atoms with Crippen LogP contribution in [0.4, 0.5) is 0 Å². The molecule has 0 spiro atoms. The number of phenolic OH excluding ortho intramolecular Hbond substituents is 1. The molecule has 1 saturated heterocycles. The number of aliphatic hydroxyl groups is 2. The molecule has 1 aliphatic rings. The van der Waals surface area contributed by atoms with Crippen LogP contribution < -0.4 is 4.74 Å². The van der Waals surface area contributed by atoms with Gasteiger partial charge in [-0.1, -0.05) is 36.4 Å². The molecule has 3 rings (SSSR count). The highest BCUT2D eigenvalue weighted by molar-refractivity contribution is 5.42. The van der Waals surface area contributed by atoms with E-state index in [-0.39, 0.29) is 11.8 Å². The van der Waals surface area contributed by atoms with Crippen molar-refractivity contribution in [2.24, 2.45) is 0 Å². The van der Waals surface area contributed by atoms with E-state index >= 15 is 0 Å². The second kappa shape index (κ2) is 7.66. The van der Waals surface area contributed by atoms with Gasteiger partial charge < -0.3 is 20.1 Å². The van der Waals surface area contributed by atoms with Gasteiger partial charge in [0.1, 0.15) is 0 Å². The number of aromatic hydroxyl groups is 1. The maximum atomic E-state index is 11.0. The maximum Gasteiger partial charge on any atom is 0.160 e. The monoisotopic (exact) mass is 357 g/mol. The molecule has 0 saturated carbocycles. The van der Waals surface area contributed by atoms with E-state index in [2.05, 4.69) is 4.90 Å². The number of phenols is 1. The van der Waals surface area contributed by atoms with Crippen LogP contribution in [-0.4, -0.2) is 46.5 Å². The summed E-state index contributed by atoms with van der Waals surface area (Å²) in [6.45, 7) is 3.40. The number of rotatable bonds is 5. The SMILES string of the molecule is COc1cc(C(O)C(C)N2CCC(O)(c3ccccc3)CC2)ccc1O. The van der Waals surface area contributed by atoms with Gasteiger partial charge in [-0.3, -0.25) is 4.90 Å². The van der Waals surface area contributed by atoms with Crippen molar-refractivity contribution < 1.29 is 20.1 Å². The Labute approximate surface area is 154 Å². The molecule has 1 fully saturated rings. The van der Waals surface area contributed by atoms with Crippen molar-refractivity contribution in [2.75, 3.05) is 20.2 Å². The minimum absolute atomic E-state index is 0.0574. The predicted octanol–water partition coefficient (Wildman–Crippen LogP) is 2.81. The summed E-state index contributed by atoms with van der Waals surface area (Å²) >= 11 is 0. The molecule has 1 aliphatic heterocycles. The Morgan fingerprint density at radius 3 is 2.35 bits per heavy atom. The number of piperidine rings is 1. The first-order chi connectivity index (χ1) is 12.4. The van der Waals surface area contributed by atoms with Crippen molar-refractivity contribution >= 4 is 0 Å². The predicted molar refractivity (Wildman–Crippen MR) is 100 cm³/mol. The van der Waals surface area contributed by atoms with E-state index in [9.17, 15) is 15.3 Å². The Morgan fingerprint density at radius 1 is 1.08 bits per heavy atom. The second-order valence-electron chi connectivity index (χ2n) is 7.05. The summed E-state index contributed by atoms with van der Waals surface area (Å²) in [5.41, 5.74) is 0.858. The molecule has 3 N–H and O–H groups in total. The molecule has 140 valence electrons. The fourth-order valence-corrected chi connectivity index (χ4v) is 3.69. The fraction of sp³-hybridized carbons (Fsp3) is 0.429. The van der Waals surface area contributed by atoms with Crippen LogP contribution in [0, 0.1) is 0 Å². The summed E-state index contributed by atoms with van der Waals surface area (Å²) in [7, 11) is 1.49. The summed E-state index contributed by atoms with van der Waals surface area (Å²) < 4.78 is 5.13. The molecule has 0 aliphatic carbocycles. The Hall–Kier alpha value is -2.08. The minimum Gasteiger partial charge on any atom is -0.504 e. The lowest BCUT2D eigenvalue weighted by Crippen LogP contribution is -2.47. The van der Waals surface area contributed by atoms with Gasteiger partial charge in [0.25, 0.3) is 0 Å². The van der Waals surface area contributed by atoms with Crippen molar-refractivity contribution in [3.8, 4) is 11.5 Å². The standard InChI is InChI=1S/C21H27NO4/c1-15(20(24)16-8-9-18(23)19(14-16)26-2)22-12-10-21(25,11-13-22)17-6-4-3-5-7-17/h3-9,14-15,20,23-25H,10-13H2,1-2H3. The van der Waals surface area contributed by atoms with Crippen LogP contribution in [0.15, 0.2) is 48.5 Å². The highest BCUT2D eigenvalue weighted by Gasteiger charge is 2.36. The summed E-state index contributed by atoms with van der Waals surface area (Å²) in [4.78, 5) is 2.20. The molecule has 5 nitrogen and oxygen atoms in total. The van der Waals surface area contributed by atoms with Crippen LogP contribution in [0.5, 0.6) is 11.5 Å². The molecule has 0 amide bonds. The van der Waals surface area contributed by atoms with E-state index in [1.54, 1.807) is 12.1 Å².